The number of Topliss-reactive ketones (excluding diaryl/α,β-unsaturated/α-hetero) is 1. The first-order valence-corrected chi connectivity index (χ1v) is 6.78. The molecule has 0 spiro atoms. The highest BCUT2D eigenvalue weighted by molar-refractivity contribution is 5.99. The van der Waals surface area contributed by atoms with Gasteiger partial charge in [-0.05, 0) is 29.5 Å². The number of para-hydroxylation sites is 2. The fourth-order valence-corrected chi connectivity index (χ4v) is 2.10. The number of rotatable bonds is 5. The van der Waals surface area contributed by atoms with Gasteiger partial charge < -0.3 is 4.74 Å². The van der Waals surface area contributed by atoms with E-state index in [2.05, 4.69) is 15.4 Å². The summed E-state index contributed by atoms with van der Waals surface area (Å²) < 4.78 is 5.20. The summed E-state index contributed by atoms with van der Waals surface area (Å²) in [5, 5.41) is 12.1. The Kier molecular flexibility index (Phi) is 5.19. The average molecular weight is 310 g/mol. The number of hydrogen-bond acceptors (Lipinski definition) is 5. The van der Waals surface area contributed by atoms with Crippen LogP contribution < -0.4 is 4.74 Å². The second kappa shape index (κ2) is 7.31. The zero-order valence-electron chi connectivity index (χ0n) is 12.0. The Balaban J connectivity index is 0.00000192. The van der Waals surface area contributed by atoms with Crippen LogP contribution in [0, 0.1) is 0 Å². The van der Waals surface area contributed by atoms with E-state index in [1.807, 2.05) is 36.4 Å². The lowest BCUT2D eigenvalue weighted by atomic mass is 10.1. The van der Waals surface area contributed by atoms with Crippen LogP contribution in [-0.2, 0) is 6.42 Å². The fourth-order valence-electron chi connectivity index (χ4n) is 2.10. The van der Waals surface area contributed by atoms with Gasteiger partial charge in [-0.3, -0.25) is 4.79 Å². The number of ketones is 1. The molecule has 3 rings (SSSR count). The first-order chi connectivity index (χ1) is 10.8. The first-order valence-electron chi connectivity index (χ1n) is 6.78. The highest BCUT2D eigenvalue weighted by Crippen LogP contribution is 2.18. The molecule has 0 aliphatic heterocycles. The van der Waals surface area contributed by atoms with Gasteiger partial charge in [-0.2, -0.15) is 0 Å². The monoisotopic (exact) mass is 310 g/mol. The third-order valence-corrected chi connectivity index (χ3v) is 3.17. The lowest BCUT2D eigenvalue weighted by molar-refractivity contribution is 0.0988. The Morgan fingerprint density at radius 1 is 1.09 bits per heavy atom. The van der Waals surface area contributed by atoms with Crippen molar-refractivity contribution in [1.82, 2.24) is 20.2 Å². The Labute approximate surface area is 134 Å². The summed E-state index contributed by atoms with van der Waals surface area (Å²) in [4.78, 5) is 13.8. The number of nitrogens with zero attached hydrogens (tertiary/aromatic N) is 4. The van der Waals surface area contributed by atoms with Gasteiger partial charge in [-0.15, -0.1) is 15.0 Å². The van der Waals surface area contributed by atoms with Crippen LogP contribution in [0.15, 0.2) is 54.6 Å². The molecule has 0 bridgehead atoms. The molecule has 2 aromatic carbocycles. The third-order valence-electron chi connectivity index (χ3n) is 3.17. The molecule has 0 saturated heterocycles. The van der Waals surface area contributed by atoms with Crippen molar-refractivity contribution in [3.05, 3.63) is 66.0 Å². The Morgan fingerprint density at radius 3 is 2.52 bits per heavy atom. The highest BCUT2D eigenvalue weighted by atomic mass is 16.5. The predicted molar refractivity (Wildman–Crippen MR) is 86.9 cm³/mol. The van der Waals surface area contributed by atoms with Crippen molar-refractivity contribution in [2.24, 2.45) is 0 Å². The van der Waals surface area contributed by atoms with E-state index in [1.54, 1.807) is 18.2 Å². The molecule has 0 aliphatic carbocycles. The molecule has 0 aliphatic rings. The molecule has 0 saturated carbocycles. The van der Waals surface area contributed by atoms with E-state index in [0.717, 1.165) is 5.69 Å². The number of carbonyl (C=O) groups excluding carboxylic acids is 1. The van der Waals surface area contributed by atoms with Crippen molar-refractivity contribution in [2.45, 2.75) is 13.8 Å². The van der Waals surface area contributed by atoms with Crippen molar-refractivity contribution in [1.29, 1.82) is 0 Å². The van der Waals surface area contributed by atoms with E-state index >= 15 is 0 Å². The largest absolute Gasteiger partial charge is 0.496 e. The van der Waals surface area contributed by atoms with E-state index in [9.17, 15) is 4.79 Å². The second-order valence-corrected chi connectivity index (χ2v) is 4.63. The molecule has 6 nitrogen and oxygen atoms in total. The van der Waals surface area contributed by atoms with Gasteiger partial charge in [0.2, 0.25) is 0 Å². The average Bonchev–Trinajstić information content (AvgIpc) is 3.04. The SMILES string of the molecule is C.COc1ccccc1C(=O)Cc1nnn(-c2ccccc2)n1. The molecule has 0 atom stereocenters. The molecule has 1 aromatic heterocycles. The molecule has 0 N–H and O–H groups in total. The van der Waals surface area contributed by atoms with Crippen LogP contribution in [0.25, 0.3) is 5.69 Å². The number of carbonyl (C=O) groups is 1. The molecule has 0 fully saturated rings. The van der Waals surface area contributed by atoms with Crippen molar-refractivity contribution >= 4 is 5.78 Å². The third kappa shape index (κ3) is 3.60. The van der Waals surface area contributed by atoms with Gasteiger partial charge in [0, 0.05) is 0 Å². The summed E-state index contributed by atoms with van der Waals surface area (Å²) in [5.41, 5.74) is 1.31. The van der Waals surface area contributed by atoms with E-state index in [0.29, 0.717) is 17.1 Å². The predicted octanol–water partition coefficient (Wildman–Crippen LogP) is 2.73. The molecule has 118 valence electrons. The first kappa shape index (κ1) is 16.4. The van der Waals surface area contributed by atoms with E-state index in [1.165, 1.54) is 11.9 Å². The molecule has 0 amide bonds. The lowest BCUT2D eigenvalue weighted by Crippen LogP contribution is -2.07. The maximum Gasteiger partial charge on any atom is 0.182 e. The van der Waals surface area contributed by atoms with Crippen LogP contribution in [-0.4, -0.2) is 33.1 Å². The van der Waals surface area contributed by atoms with Crippen molar-refractivity contribution < 1.29 is 9.53 Å². The minimum Gasteiger partial charge on any atom is -0.496 e. The molecule has 0 radical (unpaired) electrons. The molecule has 1 heterocycles. The standard InChI is InChI=1S/C16H14N4O2.CH4/c1-22-15-10-6-5-9-13(15)14(21)11-16-17-19-20(18-16)12-7-3-2-4-8-12;/h2-10H,11H2,1H3;1H4. The topological polar surface area (TPSA) is 69.9 Å². The van der Waals surface area contributed by atoms with Crippen LogP contribution in [0.5, 0.6) is 5.75 Å². The van der Waals surface area contributed by atoms with Gasteiger partial charge in [-0.1, -0.05) is 37.8 Å². The molecule has 23 heavy (non-hydrogen) atoms. The Bertz CT molecular complexity index is 784. The van der Waals surface area contributed by atoms with Gasteiger partial charge >= 0.3 is 0 Å². The molecular formula is C17H18N4O2. The van der Waals surface area contributed by atoms with E-state index in [4.69, 9.17) is 4.74 Å². The molecule has 0 unspecified atom stereocenters. The number of aromatic nitrogens is 4. The van der Waals surface area contributed by atoms with E-state index < -0.39 is 0 Å². The van der Waals surface area contributed by atoms with Gasteiger partial charge in [-0.25, -0.2) is 0 Å². The zero-order chi connectivity index (χ0) is 15.4. The van der Waals surface area contributed by atoms with Crippen LogP contribution in [0.2, 0.25) is 0 Å². The fraction of sp³-hybridized carbons (Fsp3) is 0.176. The summed E-state index contributed by atoms with van der Waals surface area (Å²) in [5.74, 6) is 0.813. The molecule has 6 heteroatoms. The van der Waals surface area contributed by atoms with Crippen LogP contribution in [0.1, 0.15) is 23.6 Å². The number of hydrogen-bond donors (Lipinski definition) is 0. The van der Waals surface area contributed by atoms with Gasteiger partial charge in [0.15, 0.2) is 11.6 Å². The van der Waals surface area contributed by atoms with Gasteiger partial charge in [0.05, 0.1) is 24.8 Å². The minimum absolute atomic E-state index is 0. The maximum atomic E-state index is 12.3. The summed E-state index contributed by atoms with van der Waals surface area (Å²) in [7, 11) is 1.54. The maximum absolute atomic E-state index is 12.3. The van der Waals surface area contributed by atoms with Crippen LogP contribution >= 0.6 is 0 Å². The second-order valence-electron chi connectivity index (χ2n) is 4.63. The quantitative estimate of drug-likeness (QED) is 0.678. The zero-order valence-corrected chi connectivity index (χ0v) is 12.0. The van der Waals surface area contributed by atoms with Gasteiger partial charge in [0.25, 0.3) is 0 Å². The summed E-state index contributed by atoms with van der Waals surface area (Å²) >= 11 is 0. The van der Waals surface area contributed by atoms with Crippen molar-refractivity contribution in [3.8, 4) is 11.4 Å². The van der Waals surface area contributed by atoms with Crippen LogP contribution in [0.4, 0.5) is 0 Å². The van der Waals surface area contributed by atoms with Crippen molar-refractivity contribution in [2.75, 3.05) is 7.11 Å². The van der Waals surface area contributed by atoms with Crippen molar-refractivity contribution in [3.63, 3.8) is 0 Å². The minimum atomic E-state index is -0.106. The molecule has 3 aromatic rings. The van der Waals surface area contributed by atoms with Gasteiger partial charge in [0.1, 0.15) is 5.75 Å². The summed E-state index contributed by atoms with van der Waals surface area (Å²) in [6.45, 7) is 0. The molecular weight excluding hydrogens is 292 g/mol. The lowest BCUT2D eigenvalue weighted by Gasteiger charge is -2.05. The number of tetrazole rings is 1. The smallest absolute Gasteiger partial charge is 0.182 e. The highest BCUT2D eigenvalue weighted by Gasteiger charge is 2.15. The number of ether oxygens (including phenoxy) is 1. The number of benzene rings is 2. The summed E-state index contributed by atoms with van der Waals surface area (Å²) in [6, 6.07) is 16.5. The van der Waals surface area contributed by atoms with Crippen LogP contribution in [0.3, 0.4) is 0 Å². The summed E-state index contributed by atoms with van der Waals surface area (Å²) in [6.07, 6.45) is 0.0766. The Morgan fingerprint density at radius 2 is 1.78 bits per heavy atom. The normalized spacial score (nSPS) is 9.96. The number of methoxy groups -OCH3 is 1. The Hall–Kier alpha value is -3.02. The van der Waals surface area contributed by atoms with E-state index in [-0.39, 0.29) is 19.6 Å².